The fourth-order valence-corrected chi connectivity index (χ4v) is 5.03. The Morgan fingerprint density at radius 2 is 0.862 bits per heavy atom. The molecule has 0 aliphatic rings. The molecule has 0 saturated carbocycles. The summed E-state index contributed by atoms with van der Waals surface area (Å²) in [6, 6.07) is 23.7. The van der Waals surface area contributed by atoms with E-state index >= 15 is 0 Å². The molecular formula is C48H60ClN3NaO12+. The molecule has 0 bridgehead atoms. The average Bonchev–Trinajstić information content (AvgIpc) is 3.27. The summed E-state index contributed by atoms with van der Waals surface area (Å²) in [5.74, 6) is -2.93. The Morgan fingerprint density at radius 3 is 1.17 bits per heavy atom. The van der Waals surface area contributed by atoms with Gasteiger partial charge in [-0.3, -0.25) is 0 Å². The minimum absolute atomic E-state index is 0. The number of nitrogens with zero attached hydrogens (tertiary/aromatic N) is 3. The van der Waals surface area contributed by atoms with Crippen LogP contribution in [0.2, 0.25) is 0 Å². The van der Waals surface area contributed by atoms with Crippen LogP contribution in [0.5, 0.6) is 17.2 Å². The number of alkyl halides is 1. The van der Waals surface area contributed by atoms with Crippen molar-refractivity contribution in [3.05, 3.63) is 106 Å². The Morgan fingerprint density at radius 1 is 0.554 bits per heavy atom. The summed E-state index contributed by atoms with van der Waals surface area (Å²) in [7, 11) is 0. The summed E-state index contributed by atoms with van der Waals surface area (Å²) >= 11 is 5.34. The van der Waals surface area contributed by atoms with E-state index in [9.17, 15) is 14.4 Å². The Bertz CT molecular complexity index is 1900. The molecule has 346 valence electrons. The number of hydrogen-bond acceptors (Lipinski definition) is 12. The van der Waals surface area contributed by atoms with Crippen molar-refractivity contribution in [2.75, 3.05) is 26.1 Å². The van der Waals surface area contributed by atoms with Crippen LogP contribution in [0.3, 0.4) is 0 Å². The summed E-state index contributed by atoms with van der Waals surface area (Å²) in [6.45, 7) is 6.16. The zero-order valence-electron chi connectivity index (χ0n) is 38.3. The molecule has 6 N–H and O–H groups in total. The first-order chi connectivity index (χ1) is 30.3. The molecule has 0 fully saturated rings. The normalized spacial score (nSPS) is 10.4. The van der Waals surface area contributed by atoms with Crippen molar-refractivity contribution in [1.82, 2.24) is 0 Å². The predicted octanol–water partition coefficient (Wildman–Crippen LogP) is 7.66. The molecule has 3 rings (SSSR count). The molecule has 0 heterocycles. The molecule has 0 radical (unpaired) electrons. The van der Waals surface area contributed by atoms with E-state index in [1.165, 1.54) is 131 Å². The number of halogens is 1. The third-order valence-electron chi connectivity index (χ3n) is 8.32. The molecule has 65 heavy (non-hydrogen) atoms. The van der Waals surface area contributed by atoms with Gasteiger partial charge in [-0.2, -0.15) is 15.8 Å². The second-order valence-electron chi connectivity index (χ2n) is 13.4. The summed E-state index contributed by atoms with van der Waals surface area (Å²) in [4.78, 5) is 31.7. The van der Waals surface area contributed by atoms with E-state index in [1.807, 2.05) is 0 Å². The maximum Gasteiger partial charge on any atom is 1.00 e. The summed E-state index contributed by atoms with van der Waals surface area (Å²) in [5, 5.41) is 69.5. The van der Waals surface area contributed by atoms with Gasteiger partial charge < -0.3 is 45.2 Å². The standard InChI is InChI=1S/C19H25NO4.2C10H7NO3.C9H19ClO.Na.H2O/c1-2-3-4-5-6-7-12-23-15-24-18-10-8-16(9-11-18)13-17(14-20)19(21)22;2*11-6-8(10(13)14)5-7-1-3-9(12)4-2-7;1-2-3-4-5-6-7-8-11-9-10;;/h8-11,13H,2-7,12,15H2,1H3,(H,21,22);2*1-5,12H,(H,13,14);2-9H2,1H3;;1H2/q;;;;+1;/b17-13+;2*8-5+;;;. The van der Waals surface area contributed by atoms with Crippen molar-refractivity contribution >= 4 is 47.7 Å². The van der Waals surface area contributed by atoms with Gasteiger partial charge in [-0.25, -0.2) is 14.4 Å². The van der Waals surface area contributed by atoms with Gasteiger partial charge in [-0.15, -0.1) is 0 Å². The number of aliphatic carboxylic acids is 3. The van der Waals surface area contributed by atoms with E-state index < -0.39 is 17.9 Å². The number of carbonyl (C=O) groups is 3. The molecular weight excluding hydrogens is 869 g/mol. The molecule has 0 unspecified atom stereocenters. The summed E-state index contributed by atoms with van der Waals surface area (Å²) in [6.07, 6.45) is 19.0. The fraction of sp³-hybridized carbons (Fsp3) is 0.375. The Kier molecular flexibility index (Phi) is 41.4. The second kappa shape index (κ2) is 42.3. The van der Waals surface area contributed by atoms with Crippen molar-refractivity contribution in [3.8, 4) is 35.5 Å². The number of carboxylic acid groups (broad SMARTS) is 3. The number of aromatic hydroxyl groups is 2. The van der Waals surface area contributed by atoms with Crippen molar-refractivity contribution < 1.29 is 90.6 Å². The number of hydrogen-bond donors (Lipinski definition) is 5. The van der Waals surface area contributed by atoms with Crippen molar-refractivity contribution in [1.29, 1.82) is 15.8 Å². The van der Waals surface area contributed by atoms with E-state index in [0.29, 0.717) is 35.1 Å². The van der Waals surface area contributed by atoms with Gasteiger partial charge >= 0.3 is 48.9 Å². The van der Waals surface area contributed by atoms with Crippen LogP contribution in [0.25, 0.3) is 18.2 Å². The number of nitriles is 3. The van der Waals surface area contributed by atoms with Gasteiger partial charge in [-0.1, -0.05) is 126 Å². The van der Waals surface area contributed by atoms with Crippen molar-refractivity contribution in [2.24, 2.45) is 0 Å². The zero-order chi connectivity index (χ0) is 47.1. The molecule has 3 aromatic rings. The van der Waals surface area contributed by atoms with Gasteiger partial charge in [0.25, 0.3) is 0 Å². The van der Waals surface area contributed by atoms with E-state index in [1.54, 1.807) is 42.5 Å². The molecule has 17 heteroatoms. The fourth-order valence-electron chi connectivity index (χ4n) is 4.92. The predicted molar refractivity (Wildman–Crippen MR) is 244 cm³/mol. The van der Waals surface area contributed by atoms with Gasteiger partial charge in [-0.05, 0) is 84.2 Å². The number of unbranched alkanes of at least 4 members (excludes halogenated alkanes) is 10. The third kappa shape index (κ3) is 34.4. The number of ether oxygens (including phenoxy) is 3. The van der Waals surface area contributed by atoms with Gasteiger partial charge in [0.1, 0.15) is 58.2 Å². The van der Waals surface area contributed by atoms with Gasteiger partial charge in [0, 0.05) is 6.61 Å². The molecule has 0 spiro atoms. The number of carboxylic acids is 3. The molecule has 3 aromatic carbocycles. The summed E-state index contributed by atoms with van der Waals surface area (Å²) < 4.78 is 15.9. The van der Waals surface area contributed by atoms with Gasteiger partial charge in [0.15, 0.2) is 6.79 Å². The van der Waals surface area contributed by atoms with Crippen LogP contribution in [0.15, 0.2) is 89.5 Å². The maximum absolute atomic E-state index is 10.8. The zero-order valence-corrected chi connectivity index (χ0v) is 40.1. The number of phenolic OH excluding ortho intramolecular Hbond substituents is 2. The van der Waals surface area contributed by atoms with Crippen molar-refractivity contribution in [2.45, 2.75) is 90.9 Å². The van der Waals surface area contributed by atoms with Crippen LogP contribution < -0.4 is 34.3 Å². The first-order valence-corrected chi connectivity index (χ1v) is 21.0. The molecule has 0 saturated heterocycles. The maximum atomic E-state index is 10.8. The Hall–Kier alpha value is -5.67. The summed E-state index contributed by atoms with van der Waals surface area (Å²) in [5.41, 5.74) is 0.773. The molecule has 0 amide bonds. The van der Waals surface area contributed by atoms with Crippen molar-refractivity contribution in [3.63, 3.8) is 0 Å². The van der Waals surface area contributed by atoms with Crippen LogP contribution in [0, 0.1) is 34.0 Å². The molecule has 0 aliphatic carbocycles. The number of phenols is 2. The second-order valence-corrected chi connectivity index (χ2v) is 13.6. The van der Waals surface area contributed by atoms with E-state index in [-0.39, 0.29) is 71.5 Å². The number of rotatable bonds is 24. The third-order valence-corrected chi connectivity index (χ3v) is 8.48. The molecule has 0 atom stereocenters. The minimum atomic E-state index is -1.26. The van der Waals surface area contributed by atoms with Crippen LogP contribution in [0.1, 0.15) is 109 Å². The van der Waals surface area contributed by atoms with E-state index in [2.05, 4.69) is 13.8 Å². The monoisotopic (exact) mass is 928 g/mol. The van der Waals surface area contributed by atoms with Gasteiger partial charge in [0.2, 0.25) is 0 Å². The minimum Gasteiger partial charge on any atom is -0.870 e. The molecule has 0 aliphatic heterocycles. The SMILES string of the molecule is CCCCCCCCOCCl.CCCCCCCCOCOc1ccc(/C=C(\C#N)C(=O)O)cc1.N#C/C(=C\c1ccc(O)cc1)C(=O)O.N#C/C(=C\c1ccc(O)cc1)C(=O)O.[H+].[Na+].[OH-]. The average molecular weight is 929 g/mol. The van der Waals surface area contributed by atoms with Crippen LogP contribution in [-0.2, 0) is 23.9 Å². The quantitative estimate of drug-likeness (QED) is 0.0144. The first kappa shape index (κ1) is 63.6. The Labute approximate surface area is 410 Å². The van der Waals surface area contributed by atoms with E-state index in [0.717, 1.165) is 19.4 Å². The molecule has 0 aromatic heterocycles. The van der Waals surface area contributed by atoms with Crippen LogP contribution in [-0.4, -0.2) is 75.0 Å². The van der Waals surface area contributed by atoms with Crippen LogP contribution in [0.4, 0.5) is 0 Å². The smallest absolute Gasteiger partial charge is 0.870 e. The number of benzene rings is 3. The topological polar surface area (TPSA) is 281 Å². The Balaban J connectivity index is -0.000000400. The molecule has 15 nitrogen and oxygen atoms in total. The van der Waals surface area contributed by atoms with E-state index in [4.69, 9.17) is 67.1 Å². The first-order valence-electron chi connectivity index (χ1n) is 20.4. The van der Waals surface area contributed by atoms with Gasteiger partial charge in [0.05, 0.1) is 6.61 Å². The van der Waals surface area contributed by atoms with Crippen LogP contribution >= 0.6 is 11.6 Å². The largest absolute Gasteiger partial charge is 1.00 e.